The predicted octanol–water partition coefficient (Wildman–Crippen LogP) is 4.66. The minimum Gasteiger partial charge on any atom is -0.495 e. The molecule has 1 N–H and O–H groups in total. The standard InChI is InChI=1S/C20H17ClN2O4S/c1-12(24)14-5-3-13(4-6-14)9-18-19(25)23(20(26)28-18)11-22-15-7-8-17(27-2)16(21)10-15/h3-10,22H,11H2,1-2H3/b18-9-. The molecule has 1 saturated heterocycles. The van der Waals surface area contributed by atoms with E-state index in [0.717, 1.165) is 22.2 Å². The van der Waals surface area contributed by atoms with Crippen LogP contribution >= 0.6 is 23.4 Å². The minimum atomic E-state index is -0.377. The van der Waals surface area contributed by atoms with Crippen molar-refractivity contribution in [2.24, 2.45) is 0 Å². The summed E-state index contributed by atoms with van der Waals surface area (Å²) in [5.41, 5.74) is 1.99. The summed E-state index contributed by atoms with van der Waals surface area (Å²) >= 11 is 6.96. The van der Waals surface area contributed by atoms with Gasteiger partial charge < -0.3 is 10.1 Å². The van der Waals surface area contributed by atoms with Crippen molar-refractivity contribution in [2.75, 3.05) is 19.1 Å². The second-order valence-corrected chi connectivity index (χ2v) is 7.37. The van der Waals surface area contributed by atoms with E-state index in [1.165, 1.54) is 14.0 Å². The second-order valence-electron chi connectivity index (χ2n) is 5.97. The van der Waals surface area contributed by atoms with E-state index in [1.54, 1.807) is 48.5 Å². The zero-order chi connectivity index (χ0) is 20.3. The molecule has 0 bridgehead atoms. The summed E-state index contributed by atoms with van der Waals surface area (Å²) in [7, 11) is 1.52. The number of nitrogens with zero attached hydrogens (tertiary/aromatic N) is 1. The Morgan fingerprint density at radius 3 is 2.54 bits per heavy atom. The van der Waals surface area contributed by atoms with Gasteiger partial charge >= 0.3 is 0 Å². The third kappa shape index (κ3) is 4.37. The molecule has 3 rings (SSSR count). The molecule has 2 aromatic rings. The molecule has 0 saturated carbocycles. The first-order valence-electron chi connectivity index (χ1n) is 8.33. The number of ketones is 1. The Balaban J connectivity index is 1.69. The molecule has 0 aliphatic carbocycles. The van der Waals surface area contributed by atoms with Gasteiger partial charge in [-0.05, 0) is 48.5 Å². The molecular weight excluding hydrogens is 400 g/mol. The summed E-state index contributed by atoms with van der Waals surface area (Å²) in [5, 5.41) is 3.08. The predicted molar refractivity (Wildman–Crippen MR) is 111 cm³/mol. The number of Topliss-reactive ketones (excluding diaryl/α,β-unsaturated/α-hetero) is 1. The summed E-state index contributed by atoms with van der Waals surface area (Å²) < 4.78 is 5.10. The fraction of sp³-hybridized carbons (Fsp3) is 0.150. The van der Waals surface area contributed by atoms with Gasteiger partial charge in [0, 0.05) is 11.3 Å². The zero-order valence-corrected chi connectivity index (χ0v) is 16.8. The number of amides is 2. The van der Waals surface area contributed by atoms with Gasteiger partial charge in [-0.3, -0.25) is 19.3 Å². The number of thioether (sulfide) groups is 1. The Kier molecular flexibility index (Phi) is 6.06. The van der Waals surface area contributed by atoms with E-state index in [2.05, 4.69) is 5.32 Å². The first kappa shape index (κ1) is 20.0. The average molecular weight is 417 g/mol. The Morgan fingerprint density at radius 2 is 1.93 bits per heavy atom. The molecule has 6 nitrogen and oxygen atoms in total. The minimum absolute atomic E-state index is 0.0218. The summed E-state index contributed by atoms with van der Waals surface area (Å²) in [6, 6.07) is 12.0. The Labute approximate surface area is 171 Å². The number of halogens is 1. The highest BCUT2D eigenvalue weighted by Gasteiger charge is 2.34. The number of benzene rings is 2. The molecule has 1 heterocycles. The molecule has 144 valence electrons. The van der Waals surface area contributed by atoms with E-state index < -0.39 is 0 Å². The number of ether oxygens (including phenoxy) is 1. The number of nitrogens with one attached hydrogen (secondary N) is 1. The SMILES string of the molecule is COc1ccc(NCN2C(=O)S/C(=C\c3ccc(C(C)=O)cc3)C2=O)cc1Cl. The van der Waals surface area contributed by atoms with Gasteiger partial charge in [0.2, 0.25) is 0 Å². The van der Waals surface area contributed by atoms with Crippen LogP contribution in [0.5, 0.6) is 5.75 Å². The maximum absolute atomic E-state index is 12.6. The number of hydrogen-bond donors (Lipinski definition) is 1. The average Bonchev–Trinajstić information content (AvgIpc) is 2.93. The fourth-order valence-corrected chi connectivity index (χ4v) is 3.64. The summed E-state index contributed by atoms with van der Waals surface area (Å²) in [6.07, 6.45) is 1.64. The molecule has 0 radical (unpaired) electrons. The van der Waals surface area contributed by atoms with Crippen molar-refractivity contribution in [3.8, 4) is 5.75 Å². The lowest BCUT2D eigenvalue weighted by Gasteiger charge is -2.15. The molecule has 2 amide bonds. The van der Waals surface area contributed by atoms with Gasteiger partial charge in [-0.15, -0.1) is 0 Å². The van der Waals surface area contributed by atoms with Gasteiger partial charge in [0.25, 0.3) is 11.1 Å². The van der Waals surface area contributed by atoms with Crippen LogP contribution in [0.1, 0.15) is 22.8 Å². The van der Waals surface area contributed by atoms with Crippen molar-refractivity contribution >= 4 is 52.1 Å². The molecule has 8 heteroatoms. The number of methoxy groups -OCH3 is 1. The van der Waals surface area contributed by atoms with Crippen LogP contribution in [0.25, 0.3) is 6.08 Å². The second kappa shape index (κ2) is 8.50. The highest BCUT2D eigenvalue weighted by atomic mass is 35.5. The van der Waals surface area contributed by atoms with E-state index in [0.29, 0.717) is 26.9 Å². The molecule has 1 aliphatic heterocycles. The molecule has 28 heavy (non-hydrogen) atoms. The normalized spacial score (nSPS) is 15.2. The summed E-state index contributed by atoms with van der Waals surface area (Å²) in [4.78, 5) is 37.6. The lowest BCUT2D eigenvalue weighted by atomic mass is 10.1. The van der Waals surface area contributed by atoms with Gasteiger partial charge in [0.05, 0.1) is 23.7 Å². The molecule has 0 aromatic heterocycles. The van der Waals surface area contributed by atoms with Crippen molar-refractivity contribution in [3.63, 3.8) is 0 Å². The van der Waals surface area contributed by atoms with Crippen LogP contribution in [-0.2, 0) is 4.79 Å². The Morgan fingerprint density at radius 1 is 1.21 bits per heavy atom. The van der Waals surface area contributed by atoms with E-state index in [9.17, 15) is 14.4 Å². The van der Waals surface area contributed by atoms with Crippen molar-refractivity contribution in [1.29, 1.82) is 0 Å². The highest BCUT2D eigenvalue weighted by molar-refractivity contribution is 8.18. The summed E-state index contributed by atoms with van der Waals surface area (Å²) in [6.45, 7) is 1.51. The van der Waals surface area contributed by atoms with Crippen molar-refractivity contribution in [1.82, 2.24) is 4.90 Å². The number of carbonyl (C=O) groups excluding carboxylic acids is 3. The number of anilines is 1. The van der Waals surface area contributed by atoms with Crippen LogP contribution in [0.2, 0.25) is 5.02 Å². The molecule has 0 unspecified atom stereocenters. The number of carbonyl (C=O) groups is 3. The quantitative estimate of drug-likeness (QED) is 0.545. The van der Waals surface area contributed by atoms with Crippen LogP contribution in [0.4, 0.5) is 10.5 Å². The topological polar surface area (TPSA) is 75.7 Å². The molecule has 0 atom stereocenters. The number of hydrogen-bond acceptors (Lipinski definition) is 6. The van der Waals surface area contributed by atoms with Gasteiger partial charge in [0.1, 0.15) is 5.75 Å². The van der Waals surface area contributed by atoms with Crippen molar-refractivity contribution < 1.29 is 19.1 Å². The third-order valence-corrected chi connectivity index (χ3v) is 5.28. The van der Waals surface area contributed by atoms with Crippen LogP contribution < -0.4 is 10.1 Å². The zero-order valence-electron chi connectivity index (χ0n) is 15.2. The molecule has 1 aliphatic rings. The lowest BCUT2D eigenvalue weighted by molar-refractivity contribution is -0.122. The van der Waals surface area contributed by atoms with E-state index in [-0.39, 0.29) is 23.6 Å². The first-order chi connectivity index (χ1) is 13.4. The monoisotopic (exact) mass is 416 g/mol. The third-order valence-electron chi connectivity index (χ3n) is 4.08. The van der Waals surface area contributed by atoms with Crippen LogP contribution in [0, 0.1) is 0 Å². The van der Waals surface area contributed by atoms with Crippen LogP contribution in [-0.4, -0.2) is 35.6 Å². The fourth-order valence-electron chi connectivity index (χ4n) is 2.55. The van der Waals surface area contributed by atoms with Gasteiger partial charge in [0.15, 0.2) is 5.78 Å². The summed E-state index contributed by atoms with van der Waals surface area (Å²) in [5.74, 6) is 0.131. The highest BCUT2D eigenvalue weighted by Crippen LogP contribution is 2.32. The van der Waals surface area contributed by atoms with Crippen molar-refractivity contribution in [2.45, 2.75) is 6.92 Å². The van der Waals surface area contributed by atoms with Gasteiger partial charge in [-0.2, -0.15) is 0 Å². The maximum atomic E-state index is 12.6. The lowest BCUT2D eigenvalue weighted by Crippen LogP contribution is -2.33. The van der Waals surface area contributed by atoms with E-state index in [1.807, 2.05) is 0 Å². The van der Waals surface area contributed by atoms with E-state index >= 15 is 0 Å². The first-order valence-corrected chi connectivity index (χ1v) is 9.52. The molecule has 1 fully saturated rings. The van der Waals surface area contributed by atoms with E-state index in [4.69, 9.17) is 16.3 Å². The largest absolute Gasteiger partial charge is 0.495 e. The Bertz CT molecular complexity index is 973. The molecule has 0 spiro atoms. The van der Waals surface area contributed by atoms with Crippen LogP contribution in [0.3, 0.4) is 0 Å². The molecule has 2 aromatic carbocycles. The maximum Gasteiger partial charge on any atom is 0.295 e. The number of rotatable bonds is 6. The van der Waals surface area contributed by atoms with Crippen LogP contribution in [0.15, 0.2) is 47.4 Å². The number of imide groups is 1. The Hall–Kier alpha value is -2.77. The van der Waals surface area contributed by atoms with Gasteiger partial charge in [-0.25, -0.2) is 0 Å². The van der Waals surface area contributed by atoms with Gasteiger partial charge in [-0.1, -0.05) is 35.9 Å². The molecular formula is C20H17ClN2O4S. The smallest absolute Gasteiger partial charge is 0.295 e. The van der Waals surface area contributed by atoms with Crippen molar-refractivity contribution in [3.05, 3.63) is 63.5 Å².